The van der Waals surface area contributed by atoms with Crippen molar-refractivity contribution < 1.29 is 0 Å². The Labute approximate surface area is 99.8 Å². The van der Waals surface area contributed by atoms with E-state index in [2.05, 4.69) is 61.5 Å². The van der Waals surface area contributed by atoms with Crippen molar-refractivity contribution in [2.75, 3.05) is 0 Å². The molecule has 0 aliphatic carbocycles. The van der Waals surface area contributed by atoms with Gasteiger partial charge in [0.05, 0.1) is 0 Å². The quantitative estimate of drug-likeness (QED) is 0.373. The minimum Gasteiger partial charge on any atom is -0.0610 e. The number of aryl methyl sites for hydroxylation is 1. The van der Waals surface area contributed by atoms with E-state index in [9.17, 15) is 0 Å². The topological polar surface area (TPSA) is 0 Å². The van der Waals surface area contributed by atoms with Crippen molar-refractivity contribution in [1.29, 1.82) is 0 Å². The van der Waals surface area contributed by atoms with Crippen LogP contribution in [0.15, 0.2) is 48.5 Å². The Morgan fingerprint density at radius 2 is 1.71 bits per heavy atom. The number of hydrogen-bond acceptors (Lipinski definition) is 0. The lowest BCUT2D eigenvalue weighted by molar-refractivity contribution is 1.56. The third-order valence-corrected chi connectivity index (χ3v) is 3.62. The molecule has 1 radical (unpaired) electrons. The molecule has 0 heteroatoms. The van der Waals surface area contributed by atoms with Gasteiger partial charge in [-0.3, -0.25) is 0 Å². The lowest BCUT2D eigenvalue weighted by Gasteiger charge is -2.12. The highest BCUT2D eigenvalue weighted by molar-refractivity contribution is 6.23. The molecule has 0 nitrogen and oxygen atoms in total. The minimum atomic E-state index is 1.22. The van der Waals surface area contributed by atoms with Gasteiger partial charge in [0, 0.05) is 0 Å². The zero-order valence-corrected chi connectivity index (χ0v) is 9.62. The van der Waals surface area contributed by atoms with Crippen LogP contribution in [0.25, 0.3) is 32.3 Å². The van der Waals surface area contributed by atoms with Gasteiger partial charge in [-0.05, 0) is 56.9 Å². The van der Waals surface area contributed by atoms with Crippen LogP contribution in [0, 0.1) is 13.0 Å². The van der Waals surface area contributed by atoms with E-state index in [-0.39, 0.29) is 0 Å². The van der Waals surface area contributed by atoms with Crippen molar-refractivity contribution in [3.63, 3.8) is 0 Å². The predicted molar refractivity (Wildman–Crippen MR) is 73.7 cm³/mol. The predicted octanol–water partition coefficient (Wildman–Crippen LogP) is 4.69. The van der Waals surface area contributed by atoms with E-state index >= 15 is 0 Å². The normalized spacial score (nSPS) is 11.8. The highest BCUT2D eigenvalue weighted by Crippen LogP contribution is 2.35. The van der Waals surface area contributed by atoms with Crippen LogP contribution in [0.2, 0.25) is 0 Å². The van der Waals surface area contributed by atoms with Gasteiger partial charge >= 0.3 is 0 Å². The molecule has 0 bridgehead atoms. The summed E-state index contributed by atoms with van der Waals surface area (Å²) in [5, 5.41) is 7.92. The van der Waals surface area contributed by atoms with Gasteiger partial charge in [-0.1, -0.05) is 42.5 Å². The lowest BCUT2D eigenvalue weighted by atomic mass is 9.92. The standard InChI is InChI=1S/C17H11/c1-11-10-14-6-2-4-12-8-9-13-5-3-7-15(11)17(13)16(12)14/h2-8,10H,1H3. The maximum Gasteiger partial charge on any atom is -0.00179 e. The molecule has 0 saturated heterocycles. The van der Waals surface area contributed by atoms with Crippen LogP contribution < -0.4 is 0 Å². The number of benzene rings is 4. The molecule has 4 rings (SSSR count). The van der Waals surface area contributed by atoms with E-state index in [4.69, 9.17) is 0 Å². The summed E-state index contributed by atoms with van der Waals surface area (Å²) in [4.78, 5) is 0. The molecule has 79 valence electrons. The Balaban J connectivity index is 2.50. The molecule has 0 aliphatic rings. The molecule has 0 amide bonds. The van der Waals surface area contributed by atoms with E-state index in [1.807, 2.05) is 0 Å². The van der Waals surface area contributed by atoms with Gasteiger partial charge in [0.1, 0.15) is 0 Å². The molecule has 4 aromatic rings. The Hall–Kier alpha value is -2.08. The maximum absolute atomic E-state index is 3.39. The van der Waals surface area contributed by atoms with Gasteiger partial charge in [0.15, 0.2) is 0 Å². The van der Waals surface area contributed by atoms with Crippen molar-refractivity contribution >= 4 is 32.3 Å². The van der Waals surface area contributed by atoms with Crippen LogP contribution in [-0.2, 0) is 0 Å². The van der Waals surface area contributed by atoms with Crippen LogP contribution >= 0.6 is 0 Å². The third kappa shape index (κ3) is 1.07. The van der Waals surface area contributed by atoms with Crippen LogP contribution in [0.4, 0.5) is 0 Å². The van der Waals surface area contributed by atoms with Crippen molar-refractivity contribution in [2.45, 2.75) is 6.92 Å². The van der Waals surface area contributed by atoms with E-state index in [0.29, 0.717) is 0 Å². The largest absolute Gasteiger partial charge is 0.0610 e. The van der Waals surface area contributed by atoms with Crippen molar-refractivity contribution in [3.8, 4) is 0 Å². The molecule has 0 atom stereocenters. The van der Waals surface area contributed by atoms with Crippen LogP contribution in [0.1, 0.15) is 5.56 Å². The first-order valence-electron chi connectivity index (χ1n) is 5.89. The molecule has 0 saturated carbocycles. The smallest absolute Gasteiger partial charge is 0.00179 e. The second-order valence-corrected chi connectivity index (χ2v) is 4.66. The van der Waals surface area contributed by atoms with Gasteiger partial charge in [0.2, 0.25) is 0 Å². The monoisotopic (exact) mass is 215 g/mol. The first-order chi connectivity index (χ1) is 8.34. The van der Waals surface area contributed by atoms with Gasteiger partial charge in [0.25, 0.3) is 0 Å². The van der Waals surface area contributed by atoms with Crippen molar-refractivity contribution in [1.82, 2.24) is 0 Å². The summed E-state index contributed by atoms with van der Waals surface area (Å²) < 4.78 is 0. The molecule has 17 heavy (non-hydrogen) atoms. The number of hydrogen-bond donors (Lipinski definition) is 0. The van der Waals surface area contributed by atoms with Gasteiger partial charge in [-0.25, -0.2) is 0 Å². The zero-order valence-electron chi connectivity index (χ0n) is 9.62. The first-order valence-corrected chi connectivity index (χ1v) is 5.89. The number of rotatable bonds is 0. The highest BCUT2D eigenvalue weighted by atomic mass is 14.1. The molecule has 0 spiro atoms. The fourth-order valence-electron chi connectivity index (χ4n) is 2.86. The summed E-state index contributed by atoms with van der Waals surface area (Å²) in [6.45, 7) is 2.18. The Bertz CT molecular complexity index is 840. The average Bonchev–Trinajstić information content (AvgIpc) is 2.37. The van der Waals surface area contributed by atoms with Gasteiger partial charge in [-0.15, -0.1) is 0 Å². The third-order valence-electron chi connectivity index (χ3n) is 3.62. The molecule has 0 unspecified atom stereocenters. The average molecular weight is 215 g/mol. The van der Waals surface area contributed by atoms with E-state index in [1.165, 1.54) is 37.9 Å². The summed E-state index contributed by atoms with van der Waals surface area (Å²) in [7, 11) is 0. The molecular formula is C17H11. The summed E-state index contributed by atoms with van der Waals surface area (Å²) in [6.07, 6.45) is 0. The van der Waals surface area contributed by atoms with Gasteiger partial charge < -0.3 is 0 Å². The minimum absolute atomic E-state index is 1.22. The van der Waals surface area contributed by atoms with Crippen molar-refractivity contribution in [3.05, 3.63) is 60.2 Å². The second kappa shape index (κ2) is 2.98. The summed E-state index contributed by atoms with van der Waals surface area (Å²) in [5.74, 6) is 0. The fraction of sp³-hybridized carbons (Fsp3) is 0.0588. The van der Waals surface area contributed by atoms with E-state index in [0.717, 1.165) is 0 Å². The van der Waals surface area contributed by atoms with Gasteiger partial charge in [-0.2, -0.15) is 0 Å². The Kier molecular flexibility index (Phi) is 1.58. The lowest BCUT2D eigenvalue weighted by Crippen LogP contribution is -1.86. The van der Waals surface area contributed by atoms with Crippen LogP contribution in [0.5, 0.6) is 0 Å². The summed E-state index contributed by atoms with van der Waals surface area (Å²) >= 11 is 0. The summed E-state index contributed by atoms with van der Waals surface area (Å²) in [6, 6.07) is 20.7. The molecule has 0 N–H and O–H groups in total. The molecule has 0 heterocycles. The summed E-state index contributed by atoms with van der Waals surface area (Å²) in [5.41, 5.74) is 1.34. The fourth-order valence-corrected chi connectivity index (χ4v) is 2.86. The molecule has 0 fully saturated rings. The second-order valence-electron chi connectivity index (χ2n) is 4.66. The van der Waals surface area contributed by atoms with E-state index in [1.54, 1.807) is 0 Å². The Morgan fingerprint density at radius 3 is 2.65 bits per heavy atom. The zero-order chi connectivity index (χ0) is 11.4. The Morgan fingerprint density at radius 1 is 0.882 bits per heavy atom. The molecule has 4 aromatic carbocycles. The van der Waals surface area contributed by atoms with E-state index < -0.39 is 0 Å². The van der Waals surface area contributed by atoms with Crippen molar-refractivity contribution in [2.24, 2.45) is 0 Å². The SMILES string of the molecule is Cc1cc2cccc3c[c]c4cccc1c4c32. The molecular weight excluding hydrogens is 204 g/mol. The molecule has 0 aromatic heterocycles. The van der Waals surface area contributed by atoms with Crippen LogP contribution in [-0.4, -0.2) is 0 Å². The van der Waals surface area contributed by atoms with Crippen LogP contribution in [0.3, 0.4) is 0 Å². The first kappa shape index (κ1) is 9.00. The highest BCUT2D eigenvalue weighted by Gasteiger charge is 2.08. The maximum atomic E-state index is 3.39. The molecule has 0 aliphatic heterocycles.